The van der Waals surface area contributed by atoms with Gasteiger partial charge in [-0.1, -0.05) is 40.2 Å². The number of nitrogens with two attached hydrogens (primary N) is 1. The van der Waals surface area contributed by atoms with E-state index in [0.29, 0.717) is 0 Å². The van der Waals surface area contributed by atoms with E-state index in [1.54, 1.807) is 0 Å². The molecule has 2 aromatic carbocycles. The molecule has 0 saturated carbocycles. The lowest BCUT2D eigenvalue weighted by atomic mass is 9.92. The normalized spacial score (nSPS) is 12.5. The summed E-state index contributed by atoms with van der Waals surface area (Å²) >= 11 is 3.58. The predicted molar refractivity (Wildman–Crippen MR) is 85.6 cm³/mol. The van der Waals surface area contributed by atoms with Crippen molar-refractivity contribution >= 4 is 15.9 Å². The zero-order valence-electron chi connectivity index (χ0n) is 11.9. The van der Waals surface area contributed by atoms with Crippen LogP contribution in [0, 0.1) is 27.7 Å². The molecule has 0 aliphatic rings. The summed E-state index contributed by atoms with van der Waals surface area (Å²) in [6, 6.07) is 10.7. The van der Waals surface area contributed by atoms with Crippen LogP contribution in [-0.4, -0.2) is 0 Å². The van der Waals surface area contributed by atoms with Crippen LogP contribution in [0.25, 0.3) is 0 Å². The Labute approximate surface area is 124 Å². The number of hydrogen-bond acceptors (Lipinski definition) is 1. The number of benzene rings is 2. The van der Waals surface area contributed by atoms with Crippen LogP contribution in [0.2, 0.25) is 0 Å². The largest absolute Gasteiger partial charge is 0.320 e. The van der Waals surface area contributed by atoms with Gasteiger partial charge in [0.05, 0.1) is 6.04 Å². The molecule has 0 aliphatic heterocycles. The fourth-order valence-electron chi connectivity index (χ4n) is 2.30. The summed E-state index contributed by atoms with van der Waals surface area (Å²) in [5.41, 5.74) is 13.9. The average molecular weight is 318 g/mol. The molecule has 0 bridgehead atoms. The molecular weight excluding hydrogens is 298 g/mol. The minimum Gasteiger partial charge on any atom is -0.320 e. The van der Waals surface area contributed by atoms with E-state index in [0.717, 1.165) is 10.0 Å². The molecule has 2 aromatic rings. The molecule has 0 aliphatic carbocycles. The van der Waals surface area contributed by atoms with E-state index in [2.05, 4.69) is 74.0 Å². The third-order valence-electron chi connectivity index (χ3n) is 3.77. The second-order valence-corrected chi connectivity index (χ2v) is 6.13. The maximum absolute atomic E-state index is 6.43. The van der Waals surface area contributed by atoms with Gasteiger partial charge in [-0.3, -0.25) is 0 Å². The third-order valence-corrected chi connectivity index (χ3v) is 4.63. The van der Waals surface area contributed by atoms with Crippen LogP contribution in [0.1, 0.15) is 39.4 Å². The average Bonchev–Trinajstić information content (AvgIpc) is 2.36. The van der Waals surface area contributed by atoms with E-state index in [1.165, 1.54) is 27.8 Å². The van der Waals surface area contributed by atoms with Crippen LogP contribution in [0.15, 0.2) is 34.8 Å². The Hall–Kier alpha value is -1.12. The van der Waals surface area contributed by atoms with Gasteiger partial charge in [0, 0.05) is 4.47 Å². The molecule has 0 spiro atoms. The lowest BCUT2D eigenvalue weighted by Gasteiger charge is -2.18. The minimum absolute atomic E-state index is 0.0730. The first-order valence-corrected chi connectivity index (χ1v) is 7.29. The lowest BCUT2D eigenvalue weighted by Crippen LogP contribution is -2.14. The molecule has 2 heteroatoms. The zero-order chi connectivity index (χ0) is 14.2. The topological polar surface area (TPSA) is 26.0 Å². The quantitative estimate of drug-likeness (QED) is 0.851. The van der Waals surface area contributed by atoms with Crippen molar-refractivity contribution in [1.82, 2.24) is 0 Å². The van der Waals surface area contributed by atoms with Gasteiger partial charge in [-0.05, 0) is 67.1 Å². The molecular formula is C17H20BrN. The summed E-state index contributed by atoms with van der Waals surface area (Å²) < 4.78 is 1.11. The van der Waals surface area contributed by atoms with Crippen molar-refractivity contribution < 1.29 is 0 Å². The Kier molecular flexibility index (Phi) is 4.12. The predicted octanol–water partition coefficient (Wildman–Crippen LogP) is 4.73. The van der Waals surface area contributed by atoms with Gasteiger partial charge in [0.2, 0.25) is 0 Å². The van der Waals surface area contributed by atoms with Crippen LogP contribution in [-0.2, 0) is 0 Å². The minimum atomic E-state index is -0.0730. The zero-order valence-corrected chi connectivity index (χ0v) is 13.5. The summed E-state index contributed by atoms with van der Waals surface area (Å²) in [5.74, 6) is 0. The van der Waals surface area contributed by atoms with Crippen molar-refractivity contribution in [3.8, 4) is 0 Å². The van der Waals surface area contributed by atoms with Crippen molar-refractivity contribution in [2.24, 2.45) is 5.73 Å². The molecule has 0 saturated heterocycles. The van der Waals surface area contributed by atoms with Crippen LogP contribution < -0.4 is 5.73 Å². The van der Waals surface area contributed by atoms with Crippen LogP contribution in [0.3, 0.4) is 0 Å². The van der Waals surface area contributed by atoms with Gasteiger partial charge in [-0.25, -0.2) is 0 Å². The summed E-state index contributed by atoms with van der Waals surface area (Å²) in [6.45, 7) is 8.49. The molecule has 2 N–H and O–H groups in total. The van der Waals surface area contributed by atoms with Crippen LogP contribution in [0.4, 0.5) is 0 Å². The van der Waals surface area contributed by atoms with E-state index < -0.39 is 0 Å². The van der Waals surface area contributed by atoms with Gasteiger partial charge in [-0.2, -0.15) is 0 Å². The van der Waals surface area contributed by atoms with E-state index in [-0.39, 0.29) is 6.04 Å². The first kappa shape index (κ1) is 14.3. The van der Waals surface area contributed by atoms with Crippen molar-refractivity contribution in [3.63, 3.8) is 0 Å². The number of rotatable bonds is 2. The first-order chi connectivity index (χ1) is 8.90. The number of hydrogen-bond donors (Lipinski definition) is 1. The maximum atomic E-state index is 6.43. The van der Waals surface area contributed by atoms with E-state index >= 15 is 0 Å². The summed E-state index contributed by atoms with van der Waals surface area (Å²) in [7, 11) is 0. The smallest absolute Gasteiger partial charge is 0.0554 e. The summed E-state index contributed by atoms with van der Waals surface area (Å²) in [5, 5.41) is 0. The number of halogens is 1. The number of aryl methyl sites for hydroxylation is 4. The van der Waals surface area contributed by atoms with Gasteiger partial charge < -0.3 is 5.73 Å². The second-order valence-electron chi connectivity index (χ2n) is 5.28. The van der Waals surface area contributed by atoms with Gasteiger partial charge in [0.15, 0.2) is 0 Å². The van der Waals surface area contributed by atoms with Crippen molar-refractivity contribution in [2.45, 2.75) is 33.7 Å². The Morgan fingerprint density at radius 3 is 2.11 bits per heavy atom. The Bertz CT molecular complexity index is 617. The third kappa shape index (κ3) is 2.90. The maximum Gasteiger partial charge on any atom is 0.0554 e. The molecule has 0 fully saturated rings. The van der Waals surface area contributed by atoms with Gasteiger partial charge in [-0.15, -0.1) is 0 Å². The van der Waals surface area contributed by atoms with E-state index in [1.807, 2.05) is 0 Å². The van der Waals surface area contributed by atoms with E-state index in [9.17, 15) is 0 Å². The van der Waals surface area contributed by atoms with E-state index in [4.69, 9.17) is 5.73 Å². The lowest BCUT2D eigenvalue weighted by molar-refractivity contribution is 0.856. The SMILES string of the molecule is Cc1cc(C)c(C(N)c2ccc(C)c(Br)c2)cc1C. The molecule has 1 unspecified atom stereocenters. The highest BCUT2D eigenvalue weighted by Crippen LogP contribution is 2.28. The monoisotopic (exact) mass is 317 g/mol. The van der Waals surface area contributed by atoms with Gasteiger partial charge in [0.1, 0.15) is 0 Å². The molecule has 1 nitrogen and oxygen atoms in total. The second kappa shape index (κ2) is 5.48. The first-order valence-electron chi connectivity index (χ1n) is 6.49. The Balaban J connectivity index is 2.46. The summed E-state index contributed by atoms with van der Waals surface area (Å²) in [6.07, 6.45) is 0. The van der Waals surface area contributed by atoms with Crippen molar-refractivity contribution in [1.29, 1.82) is 0 Å². The van der Waals surface area contributed by atoms with Crippen molar-refractivity contribution in [2.75, 3.05) is 0 Å². The molecule has 2 rings (SSSR count). The summed E-state index contributed by atoms with van der Waals surface area (Å²) in [4.78, 5) is 0. The van der Waals surface area contributed by atoms with Crippen LogP contribution >= 0.6 is 15.9 Å². The molecule has 19 heavy (non-hydrogen) atoms. The highest BCUT2D eigenvalue weighted by atomic mass is 79.9. The molecule has 0 amide bonds. The molecule has 0 radical (unpaired) electrons. The molecule has 0 heterocycles. The standard InChI is InChI=1S/C17H20BrN/c1-10-5-6-14(9-16(10)18)17(19)15-8-12(3)11(2)7-13(15)4/h5-9,17H,19H2,1-4H3. The highest BCUT2D eigenvalue weighted by Gasteiger charge is 2.13. The van der Waals surface area contributed by atoms with Gasteiger partial charge in [0.25, 0.3) is 0 Å². The van der Waals surface area contributed by atoms with Crippen molar-refractivity contribution in [3.05, 3.63) is 68.2 Å². The molecule has 1 atom stereocenters. The molecule has 100 valence electrons. The van der Waals surface area contributed by atoms with Crippen LogP contribution in [0.5, 0.6) is 0 Å². The fraction of sp³-hybridized carbons (Fsp3) is 0.294. The Morgan fingerprint density at radius 1 is 0.842 bits per heavy atom. The Morgan fingerprint density at radius 2 is 1.47 bits per heavy atom. The molecule has 0 aromatic heterocycles. The fourth-order valence-corrected chi connectivity index (χ4v) is 2.70. The van der Waals surface area contributed by atoms with Gasteiger partial charge >= 0.3 is 0 Å². The highest BCUT2D eigenvalue weighted by molar-refractivity contribution is 9.10.